The van der Waals surface area contributed by atoms with E-state index in [1.807, 2.05) is 0 Å². The van der Waals surface area contributed by atoms with Crippen molar-refractivity contribution >= 4 is 40.9 Å². The first-order valence-corrected chi connectivity index (χ1v) is 7.71. The lowest BCUT2D eigenvalue weighted by atomic mass is 10.2. The molecule has 2 aromatic carbocycles. The molecule has 0 aromatic heterocycles. The smallest absolute Gasteiger partial charge is 0.387 e. The molecular weight excluding hydrogens is 375 g/mol. The largest absolute Gasteiger partial charge is 0.493 e. The van der Waals surface area contributed by atoms with Gasteiger partial charge in [-0.05, 0) is 42.0 Å². The van der Waals surface area contributed by atoms with Gasteiger partial charge in [-0.2, -0.15) is 8.78 Å². The summed E-state index contributed by atoms with van der Waals surface area (Å²) in [5.74, 6) is -0.354. The fourth-order valence-corrected chi connectivity index (χ4v) is 2.21. The van der Waals surface area contributed by atoms with Crippen LogP contribution in [0.3, 0.4) is 0 Å². The highest BCUT2D eigenvalue weighted by Crippen LogP contribution is 2.30. The third kappa shape index (κ3) is 5.62. The topological polar surface area (TPSA) is 47.6 Å². The minimum atomic E-state index is -2.95. The SMILES string of the molecule is COc1cc(C=CC(=O)Nc2ccc(Cl)c(Cl)c2)ccc1OC(F)F. The number of carbonyl (C=O) groups excluding carboxylic acids is 1. The summed E-state index contributed by atoms with van der Waals surface area (Å²) in [6.07, 6.45) is 2.78. The normalized spacial score (nSPS) is 11.0. The maximum absolute atomic E-state index is 12.3. The standard InChI is InChI=1S/C17H13Cl2F2NO3/c1-24-15-8-10(2-6-14(15)25-17(20)21)3-7-16(23)22-11-4-5-12(18)13(19)9-11/h2-9,17H,1H3,(H,22,23). The number of methoxy groups -OCH3 is 1. The second-order valence-electron chi connectivity index (χ2n) is 4.74. The summed E-state index contributed by atoms with van der Waals surface area (Å²) in [4.78, 5) is 11.9. The summed E-state index contributed by atoms with van der Waals surface area (Å²) in [6, 6.07) is 9.02. The Morgan fingerprint density at radius 2 is 1.88 bits per heavy atom. The van der Waals surface area contributed by atoms with Gasteiger partial charge in [0.15, 0.2) is 11.5 Å². The van der Waals surface area contributed by atoms with Gasteiger partial charge in [0.2, 0.25) is 5.91 Å². The summed E-state index contributed by atoms with van der Waals surface area (Å²) < 4.78 is 33.9. The Hall–Kier alpha value is -2.31. The molecule has 0 unspecified atom stereocenters. The molecule has 0 aliphatic rings. The molecule has 1 amide bonds. The molecule has 2 rings (SSSR count). The van der Waals surface area contributed by atoms with E-state index in [4.69, 9.17) is 27.9 Å². The van der Waals surface area contributed by atoms with E-state index in [0.717, 1.165) is 0 Å². The van der Waals surface area contributed by atoms with Gasteiger partial charge >= 0.3 is 6.61 Å². The molecule has 0 fully saturated rings. The number of hydrogen-bond acceptors (Lipinski definition) is 3. The highest BCUT2D eigenvalue weighted by molar-refractivity contribution is 6.42. The summed E-state index contributed by atoms with van der Waals surface area (Å²) >= 11 is 11.7. The third-order valence-electron chi connectivity index (χ3n) is 3.02. The Balaban J connectivity index is 2.07. The fourth-order valence-electron chi connectivity index (χ4n) is 1.91. The van der Waals surface area contributed by atoms with Crippen molar-refractivity contribution in [1.82, 2.24) is 0 Å². The quantitative estimate of drug-likeness (QED) is 0.688. The van der Waals surface area contributed by atoms with Crippen LogP contribution >= 0.6 is 23.2 Å². The van der Waals surface area contributed by atoms with Crippen LogP contribution in [0.1, 0.15) is 5.56 Å². The van der Waals surface area contributed by atoms with Crippen molar-refractivity contribution in [3.05, 3.63) is 58.1 Å². The van der Waals surface area contributed by atoms with Crippen LogP contribution in [0.4, 0.5) is 14.5 Å². The molecule has 0 saturated heterocycles. The molecule has 0 aliphatic carbocycles. The van der Waals surface area contributed by atoms with E-state index >= 15 is 0 Å². The van der Waals surface area contributed by atoms with E-state index < -0.39 is 12.5 Å². The summed E-state index contributed by atoms with van der Waals surface area (Å²) in [6.45, 7) is -2.95. The van der Waals surface area contributed by atoms with Crippen molar-refractivity contribution in [2.24, 2.45) is 0 Å². The molecule has 1 N–H and O–H groups in total. The minimum absolute atomic E-state index is 0.0880. The lowest BCUT2D eigenvalue weighted by Gasteiger charge is -2.10. The molecule has 0 aliphatic heterocycles. The van der Waals surface area contributed by atoms with E-state index in [-0.39, 0.29) is 11.5 Å². The molecule has 8 heteroatoms. The molecular formula is C17H13Cl2F2NO3. The Morgan fingerprint density at radius 1 is 1.12 bits per heavy atom. The van der Waals surface area contributed by atoms with Gasteiger partial charge in [0, 0.05) is 11.8 Å². The molecule has 0 atom stereocenters. The van der Waals surface area contributed by atoms with Crippen molar-refractivity contribution in [2.45, 2.75) is 6.61 Å². The van der Waals surface area contributed by atoms with Gasteiger partial charge in [0.05, 0.1) is 17.2 Å². The van der Waals surface area contributed by atoms with Crippen LogP contribution in [0.15, 0.2) is 42.5 Å². The zero-order valence-corrected chi connectivity index (χ0v) is 14.4. The molecule has 0 radical (unpaired) electrons. The second kappa shape index (κ2) is 8.69. The maximum Gasteiger partial charge on any atom is 0.387 e. The van der Waals surface area contributed by atoms with Gasteiger partial charge in [0.25, 0.3) is 0 Å². The number of halogens is 4. The van der Waals surface area contributed by atoms with Crippen LogP contribution in [0.25, 0.3) is 6.08 Å². The third-order valence-corrected chi connectivity index (χ3v) is 3.76. The average Bonchev–Trinajstić information content (AvgIpc) is 2.57. The van der Waals surface area contributed by atoms with Crippen LogP contribution in [0.2, 0.25) is 10.0 Å². The maximum atomic E-state index is 12.3. The summed E-state index contributed by atoms with van der Waals surface area (Å²) in [7, 11) is 1.33. The van der Waals surface area contributed by atoms with Crippen molar-refractivity contribution < 1.29 is 23.0 Å². The highest BCUT2D eigenvalue weighted by atomic mass is 35.5. The molecule has 0 heterocycles. The van der Waals surface area contributed by atoms with Gasteiger partial charge in [-0.15, -0.1) is 0 Å². The molecule has 0 saturated carbocycles. The van der Waals surface area contributed by atoms with Gasteiger partial charge in [0.1, 0.15) is 0 Å². The highest BCUT2D eigenvalue weighted by Gasteiger charge is 2.10. The van der Waals surface area contributed by atoms with Gasteiger partial charge in [-0.1, -0.05) is 29.3 Å². The van der Waals surface area contributed by atoms with Crippen LogP contribution in [-0.2, 0) is 4.79 Å². The minimum Gasteiger partial charge on any atom is -0.493 e. The molecule has 132 valence electrons. The monoisotopic (exact) mass is 387 g/mol. The van der Waals surface area contributed by atoms with Gasteiger partial charge in [-0.3, -0.25) is 4.79 Å². The fraction of sp³-hybridized carbons (Fsp3) is 0.118. The molecule has 0 spiro atoms. The first-order valence-electron chi connectivity index (χ1n) is 6.96. The van der Waals surface area contributed by atoms with E-state index in [0.29, 0.717) is 21.3 Å². The Bertz CT molecular complexity index is 797. The number of amides is 1. The number of rotatable bonds is 6. The van der Waals surface area contributed by atoms with Crippen molar-refractivity contribution in [2.75, 3.05) is 12.4 Å². The lowest BCUT2D eigenvalue weighted by molar-refractivity contribution is -0.111. The summed E-state index contributed by atoms with van der Waals surface area (Å²) in [5.41, 5.74) is 1.06. The number of benzene rings is 2. The van der Waals surface area contributed by atoms with Crippen molar-refractivity contribution in [3.63, 3.8) is 0 Å². The predicted octanol–water partition coefficient (Wildman–Crippen LogP) is 5.26. The molecule has 2 aromatic rings. The zero-order valence-electron chi connectivity index (χ0n) is 12.9. The van der Waals surface area contributed by atoms with E-state index in [1.165, 1.54) is 43.5 Å². The van der Waals surface area contributed by atoms with Crippen LogP contribution in [-0.4, -0.2) is 19.6 Å². The number of anilines is 1. The number of nitrogens with one attached hydrogen (secondary N) is 1. The molecule has 25 heavy (non-hydrogen) atoms. The Labute approximate surface area is 152 Å². The second-order valence-corrected chi connectivity index (χ2v) is 5.55. The molecule has 0 bridgehead atoms. The number of alkyl halides is 2. The number of carbonyl (C=O) groups is 1. The molecule has 4 nitrogen and oxygen atoms in total. The van der Waals surface area contributed by atoms with Crippen LogP contribution in [0.5, 0.6) is 11.5 Å². The predicted molar refractivity (Wildman–Crippen MR) is 93.8 cm³/mol. The van der Waals surface area contributed by atoms with Gasteiger partial charge < -0.3 is 14.8 Å². The summed E-state index contributed by atoms with van der Waals surface area (Å²) in [5, 5.41) is 3.33. The van der Waals surface area contributed by atoms with E-state index in [1.54, 1.807) is 12.1 Å². The van der Waals surface area contributed by atoms with Crippen LogP contribution in [0, 0.1) is 0 Å². The Morgan fingerprint density at radius 3 is 2.52 bits per heavy atom. The lowest BCUT2D eigenvalue weighted by Crippen LogP contribution is -2.07. The van der Waals surface area contributed by atoms with E-state index in [2.05, 4.69) is 10.1 Å². The van der Waals surface area contributed by atoms with Crippen LogP contribution < -0.4 is 14.8 Å². The Kier molecular flexibility index (Phi) is 6.61. The van der Waals surface area contributed by atoms with Crippen molar-refractivity contribution in [1.29, 1.82) is 0 Å². The average molecular weight is 388 g/mol. The van der Waals surface area contributed by atoms with Gasteiger partial charge in [-0.25, -0.2) is 0 Å². The van der Waals surface area contributed by atoms with E-state index in [9.17, 15) is 13.6 Å². The number of hydrogen-bond donors (Lipinski definition) is 1. The first kappa shape index (κ1) is 19.0. The van der Waals surface area contributed by atoms with Crippen molar-refractivity contribution in [3.8, 4) is 11.5 Å². The number of ether oxygens (including phenoxy) is 2. The first-order chi connectivity index (χ1) is 11.9. The zero-order chi connectivity index (χ0) is 18.4.